The van der Waals surface area contributed by atoms with Crippen molar-refractivity contribution in [2.75, 3.05) is 6.61 Å². The molecule has 0 aromatic carbocycles. The molecular formula is C9H12O4. The van der Waals surface area contributed by atoms with Crippen LogP contribution in [0.4, 0.5) is 0 Å². The summed E-state index contributed by atoms with van der Waals surface area (Å²) in [6, 6.07) is 0. The van der Waals surface area contributed by atoms with E-state index in [1.54, 1.807) is 6.92 Å². The Morgan fingerprint density at radius 3 is 2.69 bits per heavy atom. The smallest absolute Gasteiger partial charge is 0.335 e. The van der Waals surface area contributed by atoms with Crippen molar-refractivity contribution in [3.63, 3.8) is 0 Å². The summed E-state index contributed by atoms with van der Waals surface area (Å²) < 4.78 is 5.20. The maximum atomic E-state index is 10.7. The van der Waals surface area contributed by atoms with Crippen LogP contribution in [0.3, 0.4) is 0 Å². The van der Waals surface area contributed by atoms with E-state index in [2.05, 4.69) is 6.58 Å². The summed E-state index contributed by atoms with van der Waals surface area (Å²) in [6.07, 6.45) is -0.00569. The van der Waals surface area contributed by atoms with Crippen LogP contribution in [0.1, 0.15) is 13.3 Å². The molecule has 4 nitrogen and oxygen atoms in total. The highest BCUT2D eigenvalue weighted by molar-refractivity contribution is 5.87. The summed E-state index contributed by atoms with van der Waals surface area (Å²) in [5.41, 5.74) is 0.915. The highest BCUT2D eigenvalue weighted by Crippen LogP contribution is 2.28. The van der Waals surface area contributed by atoms with Crippen LogP contribution in [0.15, 0.2) is 23.5 Å². The molecule has 1 heterocycles. The summed E-state index contributed by atoms with van der Waals surface area (Å²) in [7, 11) is 0. The van der Waals surface area contributed by atoms with Crippen LogP contribution in [-0.4, -0.2) is 28.9 Å². The van der Waals surface area contributed by atoms with E-state index in [0.717, 1.165) is 5.57 Å². The Hall–Kier alpha value is -1.29. The maximum Gasteiger partial charge on any atom is 0.335 e. The molecular weight excluding hydrogens is 172 g/mol. The van der Waals surface area contributed by atoms with E-state index in [1.807, 2.05) is 0 Å². The van der Waals surface area contributed by atoms with E-state index in [0.29, 0.717) is 6.42 Å². The molecule has 2 N–H and O–H groups in total. The number of ether oxygens (including phenoxy) is 1. The molecule has 0 radical (unpaired) electrons. The minimum Gasteiger partial charge on any atom is -0.487 e. The van der Waals surface area contributed by atoms with Crippen LogP contribution in [-0.2, 0) is 9.53 Å². The molecule has 1 aliphatic heterocycles. The molecule has 1 aliphatic rings. The monoisotopic (exact) mass is 184 g/mol. The van der Waals surface area contributed by atoms with Gasteiger partial charge in [0, 0.05) is 6.42 Å². The first-order valence-electron chi connectivity index (χ1n) is 3.94. The lowest BCUT2D eigenvalue weighted by Gasteiger charge is -2.10. The van der Waals surface area contributed by atoms with Gasteiger partial charge in [-0.3, -0.25) is 0 Å². The van der Waals surface area contributed by atoms with Gasteiger partial charge in [-0.1, -0.05) is 6.58 Å². The van der Waals surface area contributed by atoms with Crippen LogP contribution in [0.2, 0.25) is 0 Å². The van der Waals surface area contributed by atoms with Gasteiger partial charge in [-0.15, -0.1) is 0 Å². The number of aliphatic hydroxyl groups is 1. The van der Waals surface area contributed by atoms with Crippen molar-refractivity contribution < 1.29 is 19.7 Å². The summed E-state index contributed by atoms with van der Waals surface area (Å²) in [5.74, 6) is -0.881. The number of rotatable bonds is 3. The lowest BCUT2D eigenvalue weighted by atomic mass is 10.1. The Bertz CT molecular complexity index is 277. The van der Waals surface area contributed by atoms with Gasteiger partial charge in [0.1, 0.15) is 18.5 Å². The molecule has 0 fully saturated rings. The third kappa shape index (κ3) is 1.89. The SMILES string of the molecule is C=C(C)C1CC(C(=O)O)=C(CO)O1. The van der Waals surface area contributed by atoms with Crippen LogP contribution in [0.5, 0.6) is 0 Å². The molecule has 0 saturated carbocycles. The van der Waals surface area contributed by atoms with Gasteiger partial charge in [0.05, 0.1) is 5.57 Å². The molecule has 0 saturated heterocycles. The standard InChI is InChI=1S/C9H12O4/c1-5(2)7-3-6(9(11)12)8(4-10)13-7/h7,10H,1,3-4H2,2H3,(H,11,12). The van der Waals surface area contributed by atoms with Gasteiger partial charge < -0.3 is 14.9 Å². The molecule has 0 spiro atoms. The van der Waals surface area contributed by atoms with E-state index < -0.39 is 5.97 Å². The third-order valence-electron chi connectivity index (χ3n) is 1.96. The minimum atomic E-state index is -1.03. The van der Waals surface area contributed by atoms with Gasteiger partial charge in [0.25, 0.3) is 0 Å². The Balaban J connectivity index is 2.80. The number of aliphatic hydroxyl groups excluding tert-OH is 1. The van der Waals surface area contributed by atoms with Crippen LogP contribution < -0.4 is 0 Å². The first-order valence-corrected chi connectivity index (χ1v) is 3.94. The van der Waals surface area contributed by atoms with Crippen LogP contribution >= 0.6 is 0 Å². The summed E-state index contributed by atoms with van der Waals surface area (Å²) in [5, 5.41) is 17.5. The van der Waals surface area contributed by atoms with E-state index in [-0.39, 0.29) is 24.0 Å². The van der Waals surface area contributed by atoms with Crippen molar-refractivity contribution in [1.29, 1.82) is 0 Å². The number of hydrogen-bond acceptors (Lipinski definition) is 3. The van der Waals surface area contributed by atoms with E-state index in [4.69, 9.17) is 14.9 Å². The zero-order valence-corrected chi connectivity index (χ0v) is 7.41. The summed E-state index contributed by atoms with van der Waals surface area (Å²) in [4.78, 5) is 10.7. The van der Waals surface area contributed by atoms with Crippen LogP contribution in [0.25, 0.3) is 0 Å². The fraction of sp³-hybridized carbons (Fsp3) is 0.444. The van der Waals surface area contributed by atoms with Gasteiger partial charge in [0.2, 0.25) is 0 Å². The molecule has 1 atom stereocenters. The average molecular weight is 184 g/mol. The molecule has 0 amide bonds. The Morgan fingerprint density at radius 2 is 2.38 bits per heavy atom. The normalized spacial score (nSPS) is 21.5. The van der Waals surface area contributed by atoms with E-state index in [9.17, 15) is 4.79 Å². The second-order valence-electron chi connectivity index (χ2n) is 3.02. The fourth-order valence-corrected chi connectivity index (χ4v) is 1.20. The summed E-state index contributed by atoms with van der Waals surface area (Å²) in [6.45, 7) is 5.07. The molecule has 0 bridgehead atoms. The predicted octanol–water partition coefficient (Wildman–Crippen LogP) is 0.682. The molecule has 0 aliphatic carbocycles. The summed E-state index contributed by atoms with van der Waals surface area (Å²) >= 11 is 0. The van der Waals surface area contributed by atoms with Crippen molar-refractivity contribution in [3.8, 4) is 0 Å². The molecule has 1 unspecified atom stereocenters. The maximum absolute atomic E-state index is 10.7. The van der Waals surface area contributed by atoms with E-state index >= 15 is 0 Å². The van der Waals surface area contributed by atoms with Gasteiger partial charge in [-0.05, 0) is 12.5 Å². The molecule has 4 heteroatoms. The Labute approximate surface area is 76.1 Å². The van der Waals surface area contributed by atoms with Crippen molar-refractivity contribution in [2.45, 2.75) is 19.4 Å². The molecule has 0 aromatic heterocycles. The van der Waals surface area contributed by atoms with Crippen molar-refractivity contribution >= 4 is 5.97 Å². The number of hydrogen-bond donors (Lipinski definition) is 2. The zero-order valence-electron chi connectivity index (χ0n) is 7.41. The lowest BCUT2D eigenvalue weighted by molar-refractivity contribution is -0.132. The van der Waals surface area contributed by atoms with Gasteiger partial charge in [-0.25, -0.2) is 4.79 Å². The van der Waals surface area contributed by atoms with Crippen molar-refractivity contribution in [2.24, 2.45) is 0 Å². The molecule has 1 rings (SSSR count). The second kappa shape index (κ2) is 3.62. The third-order valence-corrected chi connectivity index (χ3v) is 1.96. The number of carboxylic acid groups (broad SMARTS) is 1. The van der Waals surface area contributed by atoms with Gasteiger partial charge >= 0.3 is 5.97 Å². The van der Waals surface area contributed by atoms with Crippen molar-refractivity contribution in [1.82, 2.24) is 0 Å². The fourth-order valence-electron chi connectivity index (χ4n) is 1.20. The van der Waals surface area contributed by atoms with Gasteiger partial charge in [-0.2, -0.15) is 0 Å². The topological polar surface area (TPSA) is 66.8 Å². The first kappa shape index (κ1) is 9.80. The minimum absolute atomic E-state index is 0.149. The second-order valence-corrected chi connectivity index (χ2v) is 3.02. The van der Waals surface area contributed by atoms with Crippen molar-refractivity contribution in [3.05, 3.63) is 23.5 Å². The Kier molecular flexibility index (Phi) is 2.72. The highest BCUT2D eigenvalue weighted by Gasteiger charge is 2.29. The Morgan fingerprint density at radius 1 is 1.77 bits per heavy atom. The number of aliphatic carboxylic acids is 1. The lowest BCUT2D eigenvalue weighted by Crippen LogP contribution is -2.08. The highest BCUT2D eigenvalue weighted by atomic mass is 16.5. The predicted molar refractivity (Wildman–Crippen MR) is 46.1 cm³/mol. The number of carbonyl (C=O) groups is 1. The quantitative estimate of drug-likeness (QED) is 0.633. The largest absolute Gasteiger partial charge is 0.487 e. The van der Waals surface area contributed by atoms with Gasteiger partial charge in [0.15, 0.2) is 0 Å². The molecule has 0 aromatic rings. The average Bonchev–Trinajstić information content (AvgIpc) is 2.47. The van der Waals surface area contributed by atoms with Crippen LogP contribution in [0, 0.1) is 0 Å². The number of carboxylic acids is 1. The molecule has 13 heavy (non-hydrogen) atoms. The molecule has 72 valence electrons. The zero-order chi connectivity index (χ0) is 10.0. The van der Waals surface area contributed by atoms with E-state index in [1.165, 1.54) is 0 Å². The first-order chi connectivity index (χ1) is 6.06.